The van der Waals surface area contributed by atoms with Crippen LogP contribution in [0.1, 0.15) is 54.9 Å². The van der Waals surface area contributed by atoms with Crippen molar-refractivity contribution in [2.75, 3.05) is 19.7 Å². The van der Waals surface area contributed by atoms with E-state index in [2.05, 4.69) is 9.72 Å². The number of ether oxygens (including phenoxy) is 2. The van der Waals surface area contributed by atoms with E-state index in [1.54, 1.807) is 24.0 Å². The first-order valence-electron chi connectivity index (χ1n) is 10.2. The summed E-state index contributed by atoms with van der Waals surface area (Å²) in [5.41, 5.74) is 6.69. The molecule has 1 atom stereocenters. The molecule has 7 nitrogen and oxygen atoms in total. The highest BCUT2D eigenvalue weighted by Crippen LogP contribution is 2.37. The number of rotatable bonds is 8. The van der Waals surface area contributed by atoms with Gasteiger partial charge in [-0.3, -0.25) is 4.79 Å². The van der Waals surface area contributed by atoms with Crippen molar-refractivity contribution >= 4 is 5.91 Å². The van der Waals surface area contributed by atoms with Gasteiger partial charge in [0.25, 0.3) is 5.91 Å². The van der Waals surface area contributed by atoms with Crippen LogP contribution in [0.3, 0.4) is 0 Å². The molecule has 2 heterocycles. The molecule has 1 aromatic heterocycles. The van der Waals surface area contributed by atoms with Crippen LogP contribution in [0.4, 0.5) is 8.78 Å². The largest absolute Gasteiger partial charge is 0.489 e. The number of nitrogens with two attached hydrogens (primary N) is 1. The molecule has 0 radical (unpaired) electrons. The summed E-state index contributed by atoms with van der Waals surface area (Å²) >= 11 is 0. The van der Waals surface area contributed by atoms with Crippen molar-refractivity contribution in [2.24, 2.45) is 11.7 Å². The van der Waals surface area contributed by atoms with E-state index in [0.29, 0.717) is 36.9 Å². The molecule has 30 heavy (non-hydrogen) atoms. The summed E-state index contributed by atoms with van der Waals surface area (Å²) < 4.78 is 41.6. The van der Waals surface area contributed by atoms with Crippen molar-refractivity contribution in [1.82, 2.24) is 9.88 Å². The van der Waals surface area contributed by atoms with Gasteiger partial charge in [-0.15, -0.1) is 0 Å². The predicted molar refractivity (Wildman–Crippen MR) is 105 cm³/mol. The van der Waals surface area contributed by atoms with Gasteiger partial charge in [-0.1, -0.05) is 0 Å². The maximum Gasteiger partial charge on any atom is 0.387 e. The fourth-order valence-electron chi connectivity index (χ4n) is 3.43. The van der Waals surface area contributed by atoms with Crippen molar-refractivity contribution < 1.29 is 27.5 Å². The third kappa shape index (κ3) is 4.56. The second-order valence-corrected chi connectivity index (χ2v) is 7.81. The van der Waals surface area contributed by atoms with Gasteiger partial charge in [-0.25, -0.2) is 4.98 Å². The number of nitrogens with zero attached hydrogens (tertiary/aromatic N) is 2. The molecule has 1 amide bonds. The number of hydrogen-bond donors (Lipinski definition) is 1. The maximum atomic E-state index is 12.9. The Balaban J connectivity index is 1.65. The molecule has 1 saturated carbocycles. The number of oxazole rings is 1. The Morgan fingerprint density at radius 3 is 2.67 bits per heavy atom. The Labute approximate surface area is 173 Å². The zero-order valence-electron chi connectivity index (χ0n) is 16.8. The molecule has 0 spiro atoms. The van der Waals surface area contributed by atoms with Crippen molar-refractivity contribution in [2.45, 2.75) is 45.3 Å². The highest BCUT2D eigenvalue weighted by molar-refractivity contribution is 5.94. The first-order valence-corrected chi connectivity index (χ1v) is 10.2. The highest BCUT2D eigenvalue weighted by atomic mass is 19.3. The van der Waals surface area contributed by atoms with Crippen LogP contribution in [0, 0.1) is 5.92 Å². The molecule has 1 aromatic carbocycles. The fraction of sp³-hybridized carbons (Fsp3) is 0.524. The summed E-state index contributed by atoms with van der Waals surface area (Å²) in [5.74, 6) is 0.844. The molecule has 1 aliphatic heterocycles. The maximum absolute atomic E-state index is 12.9. The van der Waals surface area contributed by atoms with E-state index in [0.717, 1.165) is 25.7 Å². The van der Waals surface area contributed by atoms with Crippen LogP contribution in [0.15, 0.2) is 22.6 Å². The minimum absolute atomic E-state index is 0.0539. The number of carbonyl (C=O) groups is 1. The number of amides is 1. The third-order valence-corrected chi connectivity index (χ3v) is 5.24. The molecule has 2 aromatic rings. The van der Waals surface area contributed by atoms with Gasteiger partial charge in [0.1, 0.15) is 0 Å². The van der Waals surface area contributed by atoms with Crippen LogP contribution in [0.5, 0.6) is 11.5 Å². The average Bonchev–Trinajstić information content (AvgIpc) is 3.19. The van der Waals surface area contributed by atoms with Crippen molar-refractivity contribution in [3.05, 3.63) is 29.7 Å². The van der Waals surface area contributed by atoms with Gasteiger partial charge in [-0.05, 0) is 56.7 Å². The summed E-state index contributed by atoms with van der Waals surface area (Å²) in [7, 11) is 0. The standard InChI is InChI=1S/C21H25F2N3O4/c1-12(24)18-17(20(27)26-8-2-3-9-26)25-19(30-18)14-6-7-15(29-21(22)23)16(10-14)28-11-13-4-5-13/h6-7,10,12-13,21H,2-5,8-9,11,24H2,1H3. The number of hydrogen-bond acceptors (Lipinski definition) is 6. The Morgan fingerprint density at radius 2 is 2.03 bits per heavy atom. The van der Waals surface area contributed by atoms with Crippen molar-refractivity contribution in [3.63, 3.8) is 0 Å². The van der Waals surface area contributed by atoms with Gasteiger partial charge in [0, 0.05) is 18.7 Å². The van der Waals surface area contributed by atoms with E-state index in [-0.39, 0.29) is 29.0 Å². The topological polar surface area (TPSA) is 90.8 Å². The van der Waals surface area contributed by atoms with E-state index < -0.39 is 12.7 Å². The lowest BCUT2D eigenvalue weighted by atomic mass is 10.2. The lowest BCUT2D eigenvalue weighted by Crippen LogP contribution is -2.29. The molecule has 1 aliphatic carbocycles. The SMILES string of the molecule is CC(N)c1oc(-c2ccc(OC(F)F)c(OCC3CC3)c2)nc1C(=O)N1CCCC1. The van der Waals surface area contributed by atoms with E-state index in [4.69, 9.17) is 14.9 Å². The molecule has 2 N–H and O–H groups in total. The molecule has 4 rings (SSSR count). The number of aromatic nitrogens is 1. The quantitative estimate of drug-likeness (QED) is 0.693. The van der Waals surface area contributed by atoms with Gasteiger partial charge >= 0.3 is 6.61 Å². The average molecular weight is 421 g/mol. The van der Waals surface area contributed by atoms with Crippen LogP contribution >= 0.6 is 0 Å². The zero-order valence-corrected chi connectivity index (χ0v) is 16.8. The number of benzene rings is 1. The Morgan fingerprint density at radius 1 is 1.30 bits per heavy atom. The molecular weight excluding hydrogens is 396 g/mol. The predicted octanol–water partition coefficient (Wildman–Crippen LogP) is 3.99. The second-order valence-electron chi connectivity index (χ2n) is 7.81. The molecule has 2 fully saturated rings. The molecule has 162 valence electrons. The van der Waals surface area contributed by atoms with Gasteiger partial charge < -0.3 is 24.5 Å². The Hall–Kier alpha value is -2.68. The Kier molecular flexibility index (Phi) is 5.90. The van der Waals surface area contributed by atoms with E-state index in [1.165, 1.54) is 6.07 Å². The zero-order chi connectivity index (χ0) is 21.3. The number of halogens is 2. The second kappa shape index (κ2) is 8.59. The fourth-order valence-corrected chi connectivity index (χ4v) is 3.43. The Bertz CT molecular complexity index is 906. The van der Waals surface area contributed by atoms with Crippen LogP contribution in [-0.4, -0.2) is 42.1 Å². The molecular formula is C21H25F2N3O4. The van der Waals surface area contributed by atoms with Gasteiger partial charge in [-0.2, -0.15) is 8.78 Å². The molecule has 9 heteroatoms. The minimum Gasteiger partial charge on any atom is -0.489 e. The van der Waals surface area contributed by atoms with Gasteiger partial charge in [0.2, 0.25) is 5.89 Å². The summed E-state index contributed by atoms with van der Waals surface area (Å²) in [6.45, 7) is 0.541. The smallest absolute Gasteiger partial charge is 0.387 e. The number of alkyl halides is 2. The van der Waals surface area contributed by atoms with Crippen LogP contribution < -0.4 is 15.2 Å². The first kappa shape index (κ1) is 20.6. The summed E-state index contributed by atoms with van der Waals surface area (Å²) in [6.07, 6.45) is 4.03. The lowest BCUT2D eigenvalue weighted by molar-refractivity contribution is -0.0515. The van der Waals surface area contributed by atoms with Crippen LogP contribution in [-0.2, 0) is 0 Å². The van der Waals surface area contributed by atoms with Crippen molar-refractivity contribution in [3.8, 4) is 23.0 Å². The normalized spacial score (nSPS) is 17.4. The summed E-state index contributed by atoms with van der Waals surface area (Å²) in [4.78, 5) is 19.0. The molecule has 1 saturated heterocycles. The minimum atomic E-state index is -2.96. The van der Waals surface area contributed by atoms with E-state index in [1.807, 2.05) is 0 Å². The van der Waals surface area contributed by atoms with E-state index in [9.17, 15) is 13.6 Å². The first-order chi connectivity index (χ1) is 14.4. The summed E-state index contributed by atoms with van der Waals surface area (Å²) in [5, 5.41) is 0. The van der Waals surface area contributed by atoms with Crippen LogP contribution in [0.25, 0.3) is 11.5 Å². The molecule has 0 bridgehead atoms. The third-order valence-electron chi connectivity index (χ3n) is 5.24. The summed E-state index contributed by atoms with van der Waals surface area (Å²) in [6, 6.07) is 3.95. The van der Waals surface area contributed by atoms with Gasteiger partial charge in [0.15, 0.2) is 23.0 Å². The number of carbonyl (C=O) groups excluding carboxylic acids is 1. The van der Waals surface area contributed by atoms with E-state index >= 15 is 0 Å². The van der Waals surface area contributed by atoms with Crippen molar-refractivity contribution in [1.29, 1.82) is 0 Å². The lowest BCUT2D eigenvalue weighted by Gasteiger charge is -2.14. The molecule has 2 aliphatic rings. The van der Waals surface area contributed by atoms with Gasteiger partial charge in [0.05, 0.1) is 12.6 Å². The van der Waals surface area contributed by atoms with Crippen LogP contribution in [0.2, 0.25) is 0 Å². The monoisotopic (exact) mass is 421 g/mol. The highest BCUT2D eigenvalue weighted by Gasteiger charge is 2.29. The number of likely N-dealkylation sites (tertiary alicyclic amines) is 1. The molecule has 1 unspecified atom stereocenters.